The summed E-state index contributed by atoms with van der Waals surface area (Å²) >= 11 is 8.09. The molecule has 1 atom stereocenters. The lowest BCUT2D eigenvalue weighted by Crippen LogP contribution is -2.19. The molecule has 2 aromatic heterocycles. The molecule has 2 N–H and O–H groups in total. The number of nitrogens with one attached hydrogen (secondary N) is 2. The van der Waals surface area contributed by atoms with E-state index in [0.29, 0.717) is 5.92 Å². The summed E-state index contributed by atoms with van der Waals surface area (Å²) in [6.45, 7) is 3.81. The Morgan fingerprint density at radius 3 is 3.00 bits per heavy atom. The van der Waals surface area contributed by atoms with E-state index in [-0.39, 0.29) is 0 Å². The van der Waals surface area contributed by atoms with Crippen LogP contribution in [0.4, 0.5) is 0 Å². The number of aromatic nitrogens is 2. The van der Waals surface area contributed by atoms with E-state index in [0.717, 1.165) is 34.7 Å². The van der Waals surface area contributed by atoms with Crippen LogP contribution in [0.5, 0.6) is 0 Å². The van der Waals surface area contributed by atoms with Crippen molar-refractivity contribution in [3.63, 3.8) is 0 Å². The summed E-state index contributed by atoms with van der Waals surface area (Å²) in [6, 6.07) is 8.10. The van der Waals surface area contributed by atoms with E-state index in [1.54, 1.807) is 11.3 Å². The number of benzene rings is 1. The minimum Gasteiger partial charge on any atom is -0.356 e. The van der Waals surface area contributed by atoms with Gasteiger partial charge in [-0.25, -0.2) is 4.98 Å². The Labute approximate surface area is 127 Å². The minimum atomic E-state index is 0.415. The summed E-state index contributed by atoms with van der Waals surface area (Å²) < 4.78 is 0. The molecule has 5 heteroatoms. The second-order valence-electron chi connectivity index (χ2n) is 4.87. The number of hydrogen-bond donors (Lipinski definition) is 2. The molecule has 0 saturated carbocycles. The van der Waals surface area contributed by atoms with Crippen molar-refractivity contribution in [1.82, 2.24) is 15.3 Å². The predicted octanol–water partition coefficient (Wildman–Crippen LogP) is 4.17. The molecule has 0 amide bonds. The molecule has 0 spiro atoms. The molecule has 0 aliphatic carbocycles. The van der Waals surface area contributed by atoms with Crippen molar-refractivity contribution in [3.8, 4) is 0 Å². The topological polar surface area (TPSA) is 40.7 Å². The van der Waals surface area contributed by atoms with Gasteiger partial charge in [0.15, 0.2) is 0 Å². The smallest absolute Gasteiger partial charge is 0.0965 e. The SMILES string of the molecule is CC(CNCc1[nH]c2ccccc2c1Cl)c1nccs1. The lowest BCUT2D eigenvalue weighted by molar-refractivity contribution is 0.608. The van der Waals surface area contributed by atoms with Gasteiger partial charge in [0.05, 0.1) is 10.0 Å². The van der Waals surface area contributed by atoms with E-state index in [1.807, 2.05) is 35.8 Å². The van der Waals surface area contributed by atoms with Crippen LogP contribution < -0.4 is 5.32 Å². The van der Waals surface area contributed by atoms with Crippen LogP contribution in [0.2, 0.25) is 5.02 Å². The molecular formula is C15H16ClN3S. The molecule has 104 valence electrons. The number of fused-ring (bicyclic) bond motifs is 1. The van der Waals surface area contributed by atoms with Crippen molar-refractivity contribution in [2.75, 3.05) is 6.54 Å². The highest BCUT2D eigenvalue weighted by Crippen LogP contribution is 2.27. The number of hydrogen-bond acceptors (Lipinski definition) is 3. The lowest BCUT2D eigenvalue weighted by atomic mass is 10.2. The van der Waals surface area contributed by atoms with Crippen LogP contribution in [0, 0.1) is 0 Å². The fourth-order valence-corrected chi connectivity index (χ4v) is 3.24. The number of para-hydroxylation sites is 1. The molecule has 0 radical (unpaired) electrons. The number of nitrogens with zero attached hydrogens (tertiary/aromatic N) is 1. The van der Waals surface area contributed by atoms with Crippen LogP contribution in [-0.2, 0) is 6.54 Å². The Morgan fingerprint density at radius 2 is 2.25 bits per heavy atom. The maximum atomic E-state index is 6.39. The highest BCUT2D eigenvalue weighted by molar-refractivity contribution is 7.09. The van der Waals surface area contributed by atoms with Crippen molar-refractivity contribution in [2.24, 2.45) is 0 Å². The molecule has 0 saturated heterocycles. The molecule has 3 rings (SSSR count). The molecule has 20 heavy (non-hydrogen) atoms. The summed E-state index contributed by atoms with van der Waals surface area (Å²) in [5, 5.41) is 8.52. The van der Waals surface area contributed by atoms with Crippen molar-refractivity contribution in [3.05, 3.63) is 51.6 Å². The van der Waals surface area contributed by atoms with Gasteiger partial charge in [-0.2, -0.15) is 0 Å². The van der Waals surface area contributed by atoms with Gasteiger partial charge in [-0.3, -0.25) is 0 Å². The number of thiazole rings is 1. The van der Waals surface area contributed by atoms with Gasteiger partial charge in [0.25, 0.3) is 0 Å². The van der Waals surface area contributed by atoms with Crippen molar-refractivity contribution >= 4 is 33.8 Å². The first-order valence-corrected chi connectivity index (χ1v) is 7.86. The molecule has 3 nitrogen and oxygen atoms in total. The van der Waals surface area contributed by atoms with Crippen LogP contribution in [0.25, 0.3) is 10.9 Å². The van der Waals surface area contributed by atoms with E-state index in [9.17, 15) is 0 Å². The van der Waals surface area contributed by atoms with Crippen LogP contribution in [0.15, 0.2) is 35.8 Å². The second-order valence-corrected chi connectivity index (χ2v) is 6.17. The molecule has 3 aromatic rings. The Balaban J connectivity index is 1.64. The summed E-state index contributed by atoms with van der Waals surface area (Å²) in [5.41, 5.74) is 2.13. The van der Waals surface area contributed by atoms with E-state index in [1.165, 1.54) is 5.01 Å². The number of H-pyrrole nitrogens is 1. The third-order valence-corrected chi connectivity index (χ3v) is 4.78. The largest absolute Gasteiger partial charge is 0.356 e. The second kappa shape index (κ2) is 5.95. The van der Waals surface area contributed by atoms with Gasteiger partial charge in [-0.15, -0.1) is 11.3 Å². The number of halogens is 1. The summed E-state index contributed by atoms with van der Waals surface area (Å²) in [7, 11) is 0. The number of aromatic amines is 1. The maximum Gasteiger partial charge on any atom is 0.0965 e. The first-order valence-electron chi connectivity index (χ1n) is 6.61. The lowest BCUT2D eigenvalue weighted by Gasteiger charge is -2.09. The molecule has 0 aliphatic rings. The zero-order valence-corrected chi connectivity index (χ0v) is 12.8. The van der Waals surface area contributed by atoms with E-state index >= 15 is 0 Å². The Hall–Kier alpha value is -1.36. The van der Waals surface area contributed by atoms with Gasteiger partial charge >= 0.3 is 0 Å². The predicted molar refractivity (Wildman–Crippen MR) is 85.5 cm³/mol. The quantitative estimate of drug-likeness (QED) is 0.742. The van der Waals surface area contributed by atoms with Crippen LogP contribution in [-0.4, -0.2) is 16.5 Å². The normalized spacial score (nSPS) is 12.9. The number of rotatable bonds is 5. The third-order valence-electron chi connectivity index (χ3n) is 3.34. The first kappa shape index (κ1) is 13.6. The average Bonchev–Trinajstić information content (AvgIpc) is 3.09. The zero-order chi connectivity index (χ0) is 13.9. The summed E-state index contributed by atoms with van der Waals surface area (Å²) in [6.07, 6.45) is 1.85. The average molecular weight is 306 g/mol. The van der Waals surface area contributed by atoms with Crippen LogP contribution in [0.3, 0.4) is 0 Å². The molecule has 1 unspecified atom stereocenters. The van der Waals surface area contributed by atoms with E-state index < -0.39 is 0 Å². The zero-order valence-electron chi connectivity index (χ0n) is 11.2. The Bertz CT molecular complexity index is 690. The molecule has 0 aliphatic heterocycles. The summed E-state index contributed by atoms with van der Waals surface area (Å²) in [4.78, 5) is 7.70. The van der Waals surface area contributed by atoms with Gasteiger partial charge in [0, 0.05) is 47.2 Å². The van der Waals surface area contributed by atoms with Gasteiger partial charge in [-0.1, -0.05) is 36.7 Å². The van der Waals surface area contributed by atoms with Crippen LogP contribution in [0.1, 0.15) is 23.5 Å². The summed E-state index contributed by atoms with van der Waals surface area (Å²) in [5.74, 6) is 0.415. The van der Waals surface area contributed by atoms with Gasteiger partial charge in [0.2, 0.25) is 0 Å². The Morgan fingerprint density at radius 1 is 1.40 bits per heavy atom. The van der Waals surface area contributed by atoms with Crippen molar-refractivity contribution in [2.45, 2.75) is 19.4 Å². The molecule has 0 fully saturated rings. The first-order chi connectivity index (χ1) is 9.75. The van der Waals surface area contributed by atoms with E-state index in [2.05, 4.69) is 22.2 Å². The molecule has 0 bridgehead atoms. The van der Waals surface area contributed by atoms with Crippen molar-refractivity contribution in [1.29, 1.82) is 0 Å². The fourth-order valence-electron chi connectivity index (χ4n) is 2.26. The van der Waals surface area contributed by atoms with Crippen LogP contribution >= 0.6 is 22.9 Å². The molecule has 2 heterocycles. The maximum absolute atomic E-state index is 6.39. The minimum absolute atomic E-state index is 0.415. The fraction of sp³-hybridized carbons (Fsp3) is 0.267. The van der Waals surface area contributed by atoms with Gasteiger partial charge < -0.3 is 10.3 Å². The Kier molecular flexibility index (Phi) is 4.05. The van der Waals surface area contributed by atoms with E-state index in [4.69, 9.17) is 11.6 Å². The molecule has 1 aromatic carbocycles. The highest BCUT2D eigenvalue weighted by atomic mass is 35.5. The molecular weight excluding hydrogens is 290 g/mol. The standard InChI is InChI=1S/C15H16ClN3S/c1-10(15-18-6-7-20-15)8-17-9-13-14(16)11-4-2-3-5-12(11)19-13/h2-7,10,17,19H,8-9H2,1H3. The van der Waals surface area contributed by atoms with Gasteiger partial charge in [0.1, 0.15) is 0 Å². The monoisotopic (exact) mass is 305 g/mol. The van der Waals surface area contributed by atoms with Crippen molar-refractivity contribution < 1.29 is 0 Å². The highest BCUT2D eigenvalue weighted by Gasteiger charge is 2.10. The third kappa shape index (κ3) is 2.73. The van der Waals surface area contributed by atoms with Gasteiger partial charge in [-0.05, 0) is 6.07 Å².